The lowest BCUT2D eigenvalue weighted by molar-refractivity contribution is -0.137. The fourth-order valence-corrected chi connectivity index (χ4v) is 2.32. The number of alkyl halides is 3. The molecule has 0 saturated heterocycles. The maximum atomic E-state index is 12.8. The van der Waals surface area contributed by atoms with Gasteiger partial charge in [-0.25, -0.2) is 9.98 Å². The summed E-state index contributed by atoms with van der Waals surface area (Å²) in [7, 11) is 1.88. The van der Waals surface area contributed by atoms with Crippen LogP contribution >= 0.6 is 0 Å². The van der Waals surface area contributed by atoms with E-state index < -0.39 is 17.8 Å². The van der Waals surface area contributed by atoms with Gasteiger partial charge in [0.05, 0.1) is 23.3 Å². The first-order valence-corrected chi connectivity index (χ1v) is 9.27. The summed E-state index contributed by atoms with van der Waals surface area (Å²) in [5.74, 6) is 0.201. The molecular formula is C21H23F3N4O2. The van der Waals surface area contributed by atoms with Gasteiger partial charge in [-0.05, 0) is 45.0 Å². The van der Waals surface area contributed by atoms with Crippen LogP contribution in [0.5, 0.6) is 11.6 Å². The Labute approximate surface area is 173 Å². The number of aliphatic imine (C=N–C) groups is 1. The number of pyridine rings is 1. The third-order valence-corrected chi connectivity index (χ3v) is 4.12. The Morgan fingerprint density at radius 1 is 1.33 bits per heavy atom. The molecule has 30 heavy (non-hydrogen) atoms. The average Bonchev–Trinajstić information content (AvgIpc) is 2.71. The van der Waals surface area contributed by atoms with Crippen molar-refractivity contribution in [1.82, 2.24) is 9.88 Å². The maximum Gasteiger partial charge on any atom is 0.416 e. The molecule has 0 aliphatic heterocycles. The van der Waals surface area contributed by atoms with Gasteiger partial charge in [0.15, 0.2) is 0 Å². The fraction of sp³-hybridized carbons (Fsp3) is 0.381. The maximum absolute atomic E-state index is 12.8. The number of benzene rings is 1. The van der Waals surface area contributed by atoms with Crippen LogP contribution in [0.1, 0.15) is 30.7 Å². The zero-order chi connectivity index (χ0) is 22.3. The van der Waals surface area contributed by atoms with Gasteiger partial charge in [0, 0.05) is 13.6 Å². The van der Waals surface area contributed by atoms with Gasteiger partial charge in [-0.1, -0.05) is 6.07 Å². The van der Waals surface area contributed by atoms with Crippen molar-refractivity contribution in [1.29, 1.82) is 5.26 Å². The van der Waals surface area contributed by atoms with Crippen LogP contribution in [0, 0.1) is 18.3 Å². The van der Waals surface area contributed by atoms with Crippen molar-refractivity contribution in [3.05, 3.63) is 47.2 Å². The van der Waals surface area contributed by atoms with Crippen LogP contribution in [0.2, 0.25) is 0 Å². The number of hydrogen-bond acceptors (Lipinski definition) is 5. The van der Waals surface area contributed by atoms with Gasteiger partial charge in [0.1, 0.15) is 30.1 Å². The molecule has 0 radical (unpaired) electrons. The van der Waals surface area contributed by atoms with E-state index in [4.69, 9.17) is 9.47 Å². The summed E-state index contributed by atoms with van der Waals surface area (Å²) in [6, 6.07) is 8.22. The zero-order valence-electron chi connectivity index (χ0n) is 17.2. The largest absolute Gasteiger partial charge is 0.490 e. The van der Waals surface area contributed by atoms with Crippen molar-refractivity contribution in [3.8, 4) is 17.7 Å². The number of halogens is 3. The normalized spacial score (nSPS) is 12.5. The third-order valence-electron chi connectivity index (χ3n) is 4.12. The highest BCUT2D eigenvalue weighted by molar-refractivity contribution is 5.63. The SMILES string of the molecule is CCN(C)C=Nc1cc(C#N)c(OC(C)COc2cccc(C(F)(F)F)c2)nc1C. The fourth-order valence-electron chi connectivity index (χ4n) is 2.32. The number of aromatic nitrogens is 1. The summed E-state index contributed by atoms with van der Waals surface area (Å²) in [4.78, 5) is 10.5. The molecule has 1 unspecified atom stereocenters. The number of ether oxygens (including phenoxy) is 2. The molecule has 1 atom stereocenters. The van der Waals surface area contributed by atoms with Crippen molar-refractivity contribution in [3.63, 3.8) is 0 Å². The monoisotopic (exact) mass is 420 g/mol. The lowest BCUT2D eigenvalue weighted by Gasteiger charge is -2.17. The molecule has 0 aliphatic carbocycles. The Morgan fingerprint density at radius 2 is 2.07 bits per heavy atom. The number of aryl methyl sites for hydroxylation is 1. The van der Waals surface area contributed by atoms with Crippen molar-refractivity contribution in [2.24, 2.45) is 4.99 Å². The van der Waals surface area contributed by atoms with Crippen LogP contribution in [0.3, 0.4) is 0 Å². The molecule has 0 saturated carbocycles. The van der Waals surface area contributed by atoms with Gasteiger partial charge in [-0.15, -0.1) is 0 Å². The summed E-state index contributed by atoms with van der Waals surface area (Å²) >= 11 is 0. The van der Waals surface area contributed by atoms with Crippen molar-refractivity contribution < 1.29 is 22.6 Å². The second kappa shape index (κ2) is 9.96. The third kappa shape index (κ3) is 6.37. The number of nitrogens with zero attached hydrogens (tertiary/aromatic N) is 4. The Balaban J connectivity index is 2.08. The van der Waals surface area contributed by atoms with Crippen LogP contribution in [0.4, 0.5) is 18.9 Å². The van der Waals surface area contributed by atoms with E-state index in [2.05, 4.69) is 9.98 Å². The average molecular weight is 420 g/mol. The van der Waals surface area contributed by atoms with E-state index in [9.17, 15) is 18.4 Å². The van der Waals surface area contributed by atoms with Crippen LogP contribution in [0.25, 0.3) is 0 Å². The molecule has 1 heterocycles. The van der Waals surface area contributed by atoms with Gasteiger partial charge in [0.25, 0.3) is 0 Å². The highest BCUT2D eigenvalue weighted by atomic mass is 19.4. The second-order valence-electron chi connectivity index (χ2n) is 6.64. The number of hydrogen-bond donors (Lipinski definition) is 0. The summed E-state index contributed by atoms with van der Waals surface area (Å²) < 4.78 is 49.5. The van der Waals surface area contributed by atoms with Crippen LogP contribution < -0.4 is 9.47 Å². The van der Waals surface area contributed by atoms with Crippen LogP contribution in [0.15, 0.2) is 35.3 Å². The lowest BCUT2D eigenvalue weighted by Crippen LogP contribution is -2.22. The molecule has 0 bridgehead atoms. The minimum Gasteiger partial charge on any atom is -0.490 e. The minimum absolute atomic E-state index is 0.0197. The second-order valence-corrected chi connectivity index (χ2v) is 6.64. The highest BCUT2D eigenvalue weighted by Gasteiger charge is 2.30. The molecular weight excluding hydrogens is 397 g/mol. The van der Waals surface area contributed by atoms with Crippen molar-refractivity contribution in [2.45, 2.75) is 33.1 Å². The van der Waals surface area contributed by atoms with E-state index in [-0.39, 0.29) is 23.8 Å². The van der Waals surface area contributed by atoms with Gasteiger partial charge in [-0.2, -0.15) is 18.4 Å². The molecule has 0 amide bonds. The van der Waals surface area contributed by atoms with Gasteiger partial charge in [0.2, 0.25) is 5.88 Å². The smallest absolute Gasteiger partial charge is 0.416 e. The Morgan fingerprint density at radius 3 is 2.70 bits per heavy atom. The van der Waals surface area contributed by atoms with Crippen molar-refractivity contribution in [2.75, 3.05) is 20.2 Å². The summed E-state index contributed by atoms with van der Waals surface area (Å²) in [5.41, 5.74) is 0.545. The predicted molar refractivity (Wildman–Crippen MR) is 107 cm³/mol. The van der Waals surface area contributed by atoms with Crippen LogP contribution in [-0.4, -0.2) is 42.5 Å². The molecule has 0 spiro atoms. The van der Waals surface area contributed by atoms with Crippen molar-refractivity contribution >= 4 is 12.0 Å². The summed E-state index contributed by atoms with van der Waals surface area (Å²) in [5, 5.41) is 9.41. The van der Waals surface area contributed by atoms with E-state index >= 15 is 0 Å². The van der Waals surface area contributed by atoms with E-state index in [0.29, 0.717) is 11.4 Å². The zero-order valence-corrected chi connectivity index (χ0v) is 17.2. The summed E-state index contributed by atoms with van der Waals surface area (Å²) in [6.07, 6.45) is -3.35. The minimum atomic E-state index is -4.44. The first-order valence-electron chi connectivity index (χ1n) is 9.27. The molecule has 160 valence electrons. The Bertz CT molecular complexity index is 939. The van der Waals surface area contributed by atoms with E-state index in [1.165, 1.54) is 12.1 Å². The molecule has 2 rings (SSSR count). The molecule has 0 fully saturated rings. The molecule has 6 nitrogen and oxygen atoms in total. The van der Waals surface area contributed by atoms with E-state index in [0.717, 1.165) is 18.7 Å². The number of rotatable bonds is 8. The van der Waals surface area contributed by atoms with E-state index in [1.54, 1.807) is 26.3 Å². The molecule has 9 heteroatoms. The summed E-state index contributed by atoms with van der Waals surface area (Å²) in [6.45, 7) is 6.17. The first kappa shape index (κ1) is 23.0. The highest BCUT2D eigenvalue weighted by Crippen LogP contribution is 2.31. The first-order chi connectivity index (χ1) is 14.1. The van der Waals surface area contributed by atoms with Gasteiger partial charge >= 0.3 is 6.18 Å². The van der Waals surface area contributed by atoms with Gasteiger partial charge < -0.3 is 14.4 Å². The Kier molecular flexibility index (Phi) is 7.64. The quantitative estimate of drug-likeness (QED) is 0.456. The molecule has 0 aliphatic rings. The Hall–Kier alpha value is -3.28. The van der Waals surface area contributed by atoms with Crippen LogP contribution in [-0.2, 0) is 6.18 Å². The van der Waals surface area contributed by atoms with Gasteiger partial charge in [-0.3, -0.25) is 0 Å². The number of nitriles is 1. The standard InChI is InChI=1S/C21H23F3N4O2/c1-5-28(4)13-26-19-9-16(11-25)20(27-15(19)3)30-14(2)12-29-18-8-6-7-17(10-18)21(22,23)24/h6-10,13-14H,5,12H2,1-4H3. The lowest BCUT2D eigenvalue weighted by atomic mass is 10.2. The molecule has 2 aromatic rings. The molecule has 1 aromatic carbocycles. The molecule has 1 aromatic heterocycles. The van der Waals surface area contributed by atoms with E-state index in [1.807, 2.05) is 24.9 Å². The molecule has 0 N–H and O–H groups in total. The topological polar surface area (TPSA) is 70.7 Å². The predicted octanol–water partition coefficient (Wildman–Crippen LogP) is 4.74.